The molecule has 33 heavy (non-hydrogen) atoms. The number of carbonyl (C=O) groups is 1. The topological polar surface area (TPSA) is 78.8 Å². The highest BCUT2D eigenvalue weighted by Gasteiger charge is 2.23. The molecule has 0 saturated carbocycles. The average Bonchev–Trinajstić information content (AvgIpc) is 2.81. The second-order valence-corrected chi connectivity index (χ2v) is 8.89. The summed E-state index contributed by atoms with van der Waals surface area (Å²) in [5.41, 5.74) is 3.57. The third-order valence-electron chi connectivity index (χ3n) is 6.12. The summed E-state index contributed by atoms with van der Waals surface area (Å²) in [6.45, 7) is 9.64. The van der Waals surface area contributed by atoms with E-state index in [1.807, 2.05) is 6.92 Å². The lowest BCUT2D eigenvalue weighted by molar-refractivity contribution is 0.0699. The SMILES string of the molecule is CCN1CCN(Cc2cnc3c(C(=O)O)ccc(-c4c(Cl)c(C)cc(OC)c4Cl)c3n2)CC1. The van der Waals surface area contributed by atoms with Gasteiger partial charge in [-0.3, -0.25) is 9.88 Å². The standard InChI is InChI=1S/C24H26Cl2N4O3/c1-4-29-7-9-30(10-8-29)13-15-12-27-22-17(24(31)32)6-5-16(23(22)28-15)19-20(25)14(2)11-18(33-3)21(19)26/h5-6,11-12H,4,7-10,13H2,1-3H3,(H,31,32). The summed E-state index contributed by atoms with van der Waals surface area (Å²) in [6.07, 6.45) is 1.66. The van der Waals surface area contributed by atoms with Gasteiger partial charge in [-0.15, -0.1) is 0 Å². The molecule has 2 aromatic carbocycles. The summed E-state index contributed by atoms with van der Waals surface area (Å²) in [5, 5.41) is 10.5. The van der Waals surface area contributed by atoms with Crippen LogP contribution in [0, 0.1) is 6.92 Å². The Morgan fingerprint density at radius 3 is 2.45 bits per heavy atom. The molecule has 9 heteroatoms. The van der Waals surface area contributed by atoms with E-state index in [0.29, 0.717) is 44.5 Å². The van der Waals surface area contributed by atoms with E-state index in [-0.39, 0.29) is 5.56 Å². The van der Waals surface area contributed by atoms with Gasteiger partial charge >= 0.3 is 5.97 Å². The number of benzene rings is 2. The molecule has 2 heterocycles. The zero-order valence-electron chi connectivity index (χ0n) is 18.9. The summed E-state index contributed by atoms with van der Waals surface area (Å²) in [4.78, 5) is 26.0. The maximum Gasteiger partial charge on any atom is 0.337 e. The number of rotatable bonds is 6. The molecule has 1 aromatic heterocycles. The molecule has 0 spiro atoms. The number of hydrogen-bond donors (Lipinski definition) is 1. The van der Waals surface area contributed by atoms with Crippen LogP contribution in [0.25, 0.3) is 22.2 Å². The summed E-state index contributed by atoms with van der Waals surface area (Å²) < 4.78 is 5.43. The number of methoxy groups -OCH3 is 1. The molecule has 174 valence electrons. The first-order valence-corrected chi connectivity index (χ1v) is 11.6. The van der Waals surface area contributed by atoms with E-state index in [0.717, 1.165) is 44.0 Å². The van der Waals surface area contributed by atoms with Crippen molar-refractivity contribution in [3.05, 3.63) is 51.3 Å². The van der Waals surface area contributed by atoms with Gasteiger partial charge in [0.25, 0.3) is 0 Å². The summed E-state index contributed by atoms with van der Waals surface area (Å²) in [7, 11) is 1.54. The van der Waals surface area contributed by atoms with Crippen LogP contribution in [0.2, 0.25) is 10.0 Å². The van der Waals surface area contributed by atoms with Crippen LogP contribution in [0.3, 0.4) is 0 Å². The second kappa shape index (κ2) is 9.81. The number of carboxylic acids is 1. The van der Waals surface area contributed by atoms with Crippen molar-refractivity contribution in [1.82, 2.24) is 19.8 Å². The van der Waals surface area contributed by atoms with Crippen molar-refractivity contribution in [3.8, 4) is 16.9 Å². The van der Waals surface area contributed by atoms with Crippen LogP contribution in [0.5, 0.6) is 5.75 Å². The number of nitrogens with zero attached hydrogens (tertiary/aromatic N) is 4. The Hall–Kier alpha value is -2.45. The Morgan fingerprint density at radius 2 is 1.82 bits per heavy atom. The molecule has 1 aliphatic heterocycles. The number of piperazine rings is 1. The fourth-order valence-electron chi connectivity index (χ4n) is 4.20. The van der Waals surface area contributed by atoms with Gasteiger partial charge in [0.1, 0.15) is 11.3 Å². The number of aromatic nitrogens is 2. The fourth-order valence-corrected chi connectivity index (χ4v) is 4.83. The van der Waals surface area contributed by atoms with Crippen molar-refractivity contribution in [2.24, 2.45) is 0 Å². The molecule has 7 nitrogen and oxygen atoms in total. The van der Waals surface area contributed by atoms with E-state index >= 15 is 0 Å². The highest BCUT2D eigenvalue weighted by atomic mass is 35.5. The molecule has 4 rings (SSSR count). The minimum atomic E-state index is -1.07. The molecule has 0 amide bonds. The van der Waals surface area contributed by atoms with Crippen molar-refractivity contribution in [1.29, 1.82) is 0 Å². The zero-order chi connectivity index (χ0) is 23.7. The average molecular weight is 489 g/mol. The van der Waals surface area contributed by atoms with E-state index in [1.54, 1.807) is 25.4 Å². The number of carboxylic acid groups (broad SMARTS) is 1. The van der Waals surface area contributed by atoms with Crippen LogP contribution in [-0.2, 0) is 6.54 Å². The van der Waals surface area contributed by atoms with Crippen molar-refractivity contribution < 1.29 is 14.6 Å². The Balaban J connectivity index is 1.84. The third-order valence-corrected chi connectivity index (χ3v) is 6.98. The highest BCUT2D eigenvalue weighted by Crippen LogP contribution is 2.44. The van der Waals surface area contributed by atoms with E-state index in [4.69, 9.17) is 32.9 Å². The lowest BCUT2D eigenvalue weighted by Gasteiger charge is -2.33. The molecule has 3 aromatic rings. The van der Waals surface area contributed by atoms with Crippen molar-refractivity contribution >= 4 is 40.2 Å². The fraction of sp³-hybridized carbons (Fsp3) is 0.375. The molecule has 0 radical (unpaired) electrons. The van der Waals surface area contributed by atoms with E-state index < -0.39 is 5.97 Å². The predicted molar refractivity (Wildman–Crippen MR) is 131 cm³/mol. The molecular formula is C24H26Cl2N4O3. The van der Waals surface area contributed by atoms with Gasteiger partial charge in [-0.1, -0.05) is 36.2 Å². The van der Waals surface area contributed by atoms with Crippen molar-refractivity contribution in [2.75, 3.05) is 39.8 Å². The summed E-state index contributed by atoms with van der Waals surface area (Å²) >= 11 is 13.3. The molecule has 0 aliphatic carbocycles. The predicted octanol–water partition coefficient (Wildman–Crippen LogP) is 4.76. The van der Waals surface area contributed by atoms with Gasteiger partial charge in [0, 0.05) is 43.9 Å². The molecule has 1 N–H and O–H groups in total. The van der Waals surface area contributed by atoms with E-state index in [2.05, 4.69) is 21.7 Å². The van der Waals surface area contributed by atoms with Gasteiger partial charge in [0.2, 0.25) is 0 Å². The minimum Gasteiger partial charge on any atom is -0.495 e. The van der Waals surface area contributed by atoms with Gasteiger partial charge in [-0.2, -0.15) is 0 Å². The lowest BCUT2D eigenvalue weighted by atomic mass is 9.98. The smallest absolute Gasteiger partial charge is 0.337 e. The van der Waals surface area contributed by atoms with E-state index in [9.17, 15) is 9.90 Å². The third kappa shape index (κ3) is 4.64. The number of hydrogen-bond acceptors (Lipinski definition) is 6. The normalized spacial score (nSPS) is 15.2. The second-order valence-electron chi connectivity index (χ2n) is 8.13. The first-order chi connectivity index (χ1) is 15.8. The minimum absolute atomic E-state index is 0.0798. The van der Waals surface area contributed by atoms with Crippen molar-refractivity contribution in [3.63, 3.8) is 0 Å². The van der Waals surface area contributed by atoms with Crippen LogP contribution in [0.1, 0.15) is 28.5 Å². The number of aryl methyl sites for hydroxylation is 1. The quantitative estimate of drug-likeness (QED) is 0.535. The van der Waals surface area contributed by atoms with Crippen LogP contribution >= 0.6 is 23.2 Å². The molecule has 1 saturated heterocycles. The number of halogens is 2. The molecule has 1 fully saturated rings. The molecule has 0 unspecified atom stereocenters. The monoisotopic (exact) mass is 488 g/mol. The van der Waals surface area contributed by atoms with Gasteiger partial charge in [0.15, 0.2) is 0 Å². The summed E-state index contributed by atoms with van der Waals surface area (Å²) in [6, 6.07) is 4.98. The highest BCUT2D eigenvalue weighted by molar-refractivity contribution is 6.41. The Kier molecular flexibility index (Phi) is 7.05. The Labute approximate surface area is 202 Å². The van der Waals surface area contributed by atoms with Crippen LogP contribution in [0.15, 0.2) is 24.4 Å². The summed E-state index contributed by atoms with van der Waals surface area (Å²) in [5.74, 6) is -0.578. The van der Waals surface area contributed by atoms with Gasteiger partial charge < -0.3 is 14.7 Å². The van der Waals surface area contributed by atoms with Crippen LogP contribution in [0.4, 0.5) is 0 Å². The van der Waals surface area contributed by atoms with E-state index in [1.165, 1.54) is 6.07 Å². The number of ether oxygens (including phenoxy) is 1. The largest absolute Gasteiger partial charge is 0.495 e. The molecule has 0 atom stereocenters. The zero-order valence-corrected chi connectivity index (χ0v) is 20.4. The van der Waals surface area contributed by atoms with Gasteiger partial charge in [0.05, 0.1) is 40.1 Å². The molecule has 0 bridgehead atoms. The molecular weight excluding hydrogens is 463 g/mol. The van der Waals surface area contributed by atoms with Crippen LogP contribution in [-0.4, -0.2) is 70.7 Å². The Morgan fingerprint density at radius 1 is 1.12 bits per heavy atom. The first-order valence-electron chi connectivity index (χ1n) is 10.8. The first kappa shape index (κ1) is 23.7. The van der Waals surface area contributed by atoms with Gasteiger partial charge in [-0.25, -0.2) is 9.78 Å². The molecule has 1 aliphatic rings. The number of aromatic carboxylic acids is 1. The lowest BCUT2D eigenvalue weighted by Crippen LogP contribution is -2.45. The maximum absolute atomic E-state index is 11.9. The van der Waals surface area contributed by atoms with Crippen molar-refractivity contribution in [2.45, 2.75) is 20.4 Å². The maximum atomic E-state index is 11.9. The Bertz CT molecular complexity index is 1210. The van der Waals surface area contributed by atoms with Gasteiger partial charge in [-0.05, 0) is 31.2 Å². The number of fused-ring (bicyclic) bond motifs is 1. The number of likely N-dealkylation sites (N-methyl/N-ethyl adjacent to an activating group) is 1. The van der Waals surface area contributed by atoms with Crippen LogP contribution < -0.4 is 4.74 Å².